The topological polar surface area (TPSA) is 38.7 Å². The van der Waals surface area contributed by atoms with Crippen molar-refractivity contribution in [3.63, 3.8) is 0 Å². The van der Waals surface area contributed by atoms with Crippen molar-refractivity contribution >= 4 is 5.69 Å². The van der Waals surface area contributed by atoms with Crippen LogP contribution in [0.3, 0.4) is 0 Å². The average molecular weight is 346 g/mol. The van der Waals surface area contributed by atoms with E-state index in [2.05, 4.69) is 60.2 Å². The van der Waals surface area contributed by atoms with Crippen LogP contribution in [0.15, 0.2) is 24.3 Å². The van der Waals surface area contributed by atoms with E-state index in [-0.39, 0.29) is 6.10 Å². The minimum atomic E-state index is -0.110. The Hall–Kier alpha value is -1.10. The summed E-state index contributed by atoms with van der Waals surface area (Å²) in [4.78, 5) is 5.01. The van der Waals surface area contributed by atoms with Gasteiger partial charge in [0.05, 0.1) is 6.10 Å². The van der Waals surface area contributed by atoms with E-state index in [0.29, 0.717) is 12.1 Å². The van der Waals surface area contributed by atoms with Gasteiger partial charge in [0.15, 0.2) is 0 Å². The van der Waals surface area contributed by atoms with Crippen LogP contribution in [0, 0.1) is 0 Å². The van der Waals surface area contributed by atoms with Crippen molar-refractivity contribution in [2.45, 2.75) is 70.7 Å². The van der Waals surface area contributed by atoms with Crippen molar-refractivity contribution in [3.8, 4) is 0 Å². The lowest BCUT2D eigenvalue weighted by Crippen LogP contribution is -2.39. The highest BCUT2D eigenvalue weighted by Gasteiger charge is 2.30. The molecule has 0 bridgehead atoms. The van der Waals surface area contributed by atoms with E-state index in [1.54, 1.807) is 0 Å². The Morgan fingerprint density at radius 2 is 1.72 bits per heavy atom. The number of piperidine rings is 1. The third-order valence-electron chi connectivity index (χ3n) is 5.72. The summed E-state index contributed by atoms with van der Waals surface area (Å²) in [6.07, 6.45) is 4.41. The third-order valence-corrected chi connectivity index (χ3v) is 5.72. The molecule has 2 aliphatic rings. The summed E-state index contributed by atoms with van der Waals surface area (Å²) in [6.45, 7) is 11.0. The van der Waals surface area contributed by atoms with Gasteiger partial charge >= 0.3 is 0 Å². The lowest BCUT2D eigenvalue weighted by molar-refractivity contribution is 0.145. The minimum Gasteiger partial charge on any atom is -0.393 e. The summed E-state index contributed by atoms with van der Waals surface area (Å²) < 4.78 is 0. The van der Waals surface area contributed by atoms with Crippen LogP contribution in [-0.2, 0) is 0 Å². The van der Waals surface area contributed by atoms with Gasteiger partial charge in [-0.3, -0.25) is 4.90 Å². The molecular formula is C21H35N3O. The fourth-order valence-electron chi connectivity index (χ4n) is 3.89. The largest absolute Gasteiger partial charge is 0.393 e. The zero-order chi connectivity index (χ0) is 17.8. The molecule has 0 aromatic heterocycles. The molecule has 4 nitrogen and oxygen atoms in total. The Kier molecular flexibility index (Phi) is 6.37. The van der Waals surface area contributed by atoms with Crippen LogP contribution in [0.5, 0.6) is 0 Å². The fourth-order valence-corrected chi connectivity index (χ4v) is 3.89. The van der Waals surface area contributed by atoms with E-state index in [4.69, 9.17) is 0 Å². The average Bonchev–Trinajstić information content (AvgIpc) is 3.44. The first-order valence-corrected chi connectivity index (χ1v) is 10.1. The van der Waals surface area contributed by atoms with Crippen LogP contribution in [0.25, 0.3) is 0 Å². The summed E-state index contributed by atoms with van der Waals surface area (Å²) in [7, 11) is 0. The number of rotatable bonds is 8. The molecule has 1 aliphatic heterocycles. The molecular weight excluding hydrogens is 310 g/mol. The summed E-state index contributed by atoms with van der Waals surface area (Å²) >= 11 is 0. The van der Waals surface area contributed by atoms with Crippen molar-refractivity contribution in [3.05, 3.63) is 29.8 Å². The van der Waals surface area contributed by atoms with Crippen LogP contribution in [0.2, 0.25) is 0 Å². The Morgan fingerprint density at radius 1 is 1.08 bits per heavy atom. The molecule has 140 valence electrons. The number of benzene rings is 1. The van der Waals surface area contributed by atoms with E-state index in [1.165, 1.54) is 24.1 Å². The number of nitrogens with one attached hydrogen (secondary N) is 1. The first-order valence-electron chi connectivity index (χ1n) is 10.1. The molecule has 1 aromatic carbocycles. The molecule has 0 amide bonds. The quantitative estimate of drug-likeness (QED) is 0.759. The van der Waals surface area contributed by atoms with Crippen LogP contribution >= 0.6 is 0 Å². The molecule has 2 fully saturated rings. The molecule has 1 heterocycles. The highest BCUT2D eigenvalue weighted by molar-refractivity contribution is 5.48. The smallest absolute Gasteiger partial charge is 0.0574 e. The van der Waals surface area contributed by atoms with Gasteiger partial charge in [-0.05, 0) is 64.2 Å². The molecule has 1 saturated carbocycles. The van der Waals surface area contributed by atoms with E-state index < -0.39 is 0 Å². The van der Waals surface area contributed by atoms with E-state index in [1.807, 2.05) is 0 Å². The Morgan fingerprint density at radius 3 is 2.28 bits per heavy atom. The van der Waals surface area contributed by atoms with Crippen molar-refractivity contribution in [1.29, 1.82) is 0 Å². The minimum absolute atomic E-state index is 0.110. The molecule has 2 N–H and O–H groups in total. The fraction of sp³-hybridized carbons (Fsp3) is 0.714. The molecule has 1 saturated heterocycles. The molecule has 1 aliphatic carbocycles. The number of anilines is 1. The van der Waals surface area contributed by atoms with Crippen molar-refractivity contribution in [2.24, 2.45) is 0 Å². The monoisotopic (exact) mass is 345 g/mol. The predicted octanol–water partition coefficient (Wildman–Crippen LogP) is 3.17. The molecule has 25 heavy (non-hydrogen) atoms. The number of aliphatic hydroxyl groups is 1. The molecule has 0 radical (unpaired) electrons. The Labute approximate surface area is 153 Å². The van der Waals surface area contributed by atoms with Gasteiger partial charge in [-0.1, -0.05) is 12.1 Å². The summed E-state index contributed by atoms with van der Waals surface area (Å²) in [5.74, 6) is 0. The highest BCUT2D eigenvalue weighted by atomic mass is 16.3. The maximum absolute atomic E-state index is 9.65. The molecule has 1 unspecified atom stereocenters. The Bertz CT molecular complexity index is 516. The van der Waals surface area contributed by atoms with Gasteiger partial charge in [0.25, 0.3) is 0 Å². The standard InChI is InChI=1S/C21H35N3O/c1-16(2)24(20-8-9-20)15-12-22-17(3)18-4-6-19(7-5-18)23-13-10-21(25)11-14-23/h4-7,16-17,20-22,25H,8-15H2,1-3H3. The zero-order valence-corrected chi connectivity index (χ0v) is 16.1. The number of hydrogen-bond donors (Lipinski definition) is 2. The van der Waals surface area contributed by atoms with Crippen molar-refractivity contribution in [1.82, 2.24) is 10.2 Å². The summed E-state index contributed by atoms with van der Waals surface area (Å²) in [5.41, 5.74) is 2.63. The molecule has 3 rings (SSSR count). The van der Waals surface area contributed by atoms with Crippen LogP contribution in [0.1, 0.15) is 58.1 Å². The zero-order valence-electron chi connectivity index (χ0n) is 16.1. The SMILES string of the molecule is CC(NCCN(C(C)C)C1CC1)c1ccc(N2CCC(O)CC2)cc1. The van der Waals surface area contributed by atoms with Crippen LogP contribution in [0.4, 0.5) is 5.69 Å². The van der Waals surface area contributed by atoms with Gasteiger partial charge < -0.3 is 15.3 Å². The van der Waals surface area contributed by atoms with E-state index in [0.717, 1.165) is 45.1 Å². The molecule has 1 aromatic rings. The van der Waals surface area contributed by atoms with E-state index >= 15 is 0 Å². The lowest BCUT2D eigenvalue weighted by Gasteiger charge is -2.31. The Balaban J connectivity index is 1.46. The maximum atomic E-state index is 9.65. The second-order valence-electron chi connectivity index (χ2n) is 8.05. The first kappa shape index (κ1) is 18.7. The summed E-state index contributed by atoms with van der Waals surface area (Å²) in [5, 5.41) is 13.3. The second-order valence-corrected chi connectivity index (χ2v) is 8.05. The normalized spacial score (nSPS) is 20.5. The van der Waals surface area contributed by atoms with Crippen molar-refractivity contribution in [2.75, 3.05) is 31.1 Å². The number of hydrogen-bond acceptors (Lipinski definition) is 4. The number of nitrogens with zero attached hydrogens (tertiary/aromatic N) is 2. The highest BCUT2D eigenvalue weighted by Crippen LogP contribution is 2.28. The van der Waals surface area contributed by atoms with Gasteiger partial charge in [0.1, 0.15) is 0 Å². The van der Waals surface area contributed by atoms with Gasteiger partial charge in [0.2, 0.25) is 0 Å². The predicted molar refractivity (Wildman–Crippen MR) is 105 cm³/mol. The van der Waals surface area contributed by atoms with Crippen LogP contribution in [-0.4, -0.2) is 54.4 Å². The first-order chi connectivity index (χ1) is 12.0. The van der Waals surface area contributed by atoms with Gasteiger partial charge in [-0.25, -0.2) is 0 Å². The van der Waals surface area contributed by atoms with E-state index in [9.17, 15) is 5.11 Å². The van der Waals surface area contributed by atoms with Gasteiger partial charge in [-0.2, -0.15) is 0 Å². The molecule has 0 spiro atoms. The van der Waals surface area contributed by atoms with Gasteiger partial charge in [-0.15, -0.1) is 0 Å². The third kappa shape index (κ3) is 5.19. The maximum Gasteiger partial charge on any atom is 0.0574 e. The lowest BCUT2D eigenvalue weighted by atomic mass is 10.0. The van der Waals surface area contributed by atoms with Crippen molar-refractivity contribution < 1.29 is 5.11 Å². The molecule has 4 heteroatoms. The number of aliphatic hydroxyl groups excluding tert-OH is 1. The van der Waals surface area contributed by atoms with Gasteiger partial charge in [0, 0.05) is 50.0 Å². The summed E-state index contributed by atoms with van der Waals surface area (Å²) in [6, 6.07) is 10.8. The molecule has 1 atom stereocenters. The second kappa shape index (κ2) is 8.52. The van der Waals surface area contributed by atoms with Crippen LogP contribution < -0.4 is 10.2 Å².